The Hall–Kier alpha value is -1.48. The van der Waals surface area contributed by atoms with Crippen LogP contribution in [0.2, 0.25) is 0 Å². The SMILES string of the molecule is CS(=O)(=O)c1cccnc1-n1nc(N)nc1Br. The number of aromatic nitrogens is 4. The normalized spacial score (nSPS) is 11.6. The van der Waals surface area contributed by atoms with Crippen LogP contribution in [0.25, 0.3) is 5.82 Å². The first-order chi connectivity index (χ1) is 7.89. The maximum Gasteiger partial charge on any atom is 0.240 e. The van der Waals surface area contributed by atoms with Gasteiger partial charge in [0.15, 0.2) is 15.7 Å². The highest BCUT2D eigenvalue weighted by atomic mass is 79.9. The Kier molecular flexibility index (Phi) is 2.87. The highest BCUT2D eigenvalue weighted by Crippen LogP contribution is 2.20. The summed E-state index contributed by atoms with van der Waals surface area (Å²) < 4.78 is 24.7. The molecule has 2 heterocycles. The van der Waals surface area contributed by atoms with Crippen molar-refractivity contribution in [3.63, 3.8) is 0 Å². The molecule has 0 bridgehead atoms. The Morgan fingerprint density at radius 3 is 2.71 bits per heavy atom. The fourth-order valence-corrected chi connectivity index (χ4v) is 2.50. The highest BCUT2D eigenvalue weighted by molar-refractivity contribution is 9.10. The van der Waals surface area contributed by atoms with Gasteiger partial charge >= 0.3 is 0 Å². The van der Waals surface area contributed by atoms with Crippen LogP contribution < -0.4 is 5.73 Å². The van der Waals surface area contributed by atoms with E-state index in [1.807, 2.05) is 0 Å². The fraction of sp³-hybridized carbons (Fsp3) is 0.125. The molecule has 0 fully saturated rings. The first-order valence-corrected chi connectivity index (χ1v) is 7.11. The van der Waals surface area contributed by atoms with Gasteiger partial charge in [-0.3, -0.25) is 0 Å². The third kappa shape index (κ3) is 2.29. The number of halogens is 1. The Morgan fingerprint density at radius 2 is 2.18 bits per heavy atom. The van der Waals surface area contributed by atoms with Crippen LogP contribution >= 0.6 is 15.9 Å². The maximum absolute atomic E-state index is 11.6. The number of nitrogen functional groups attached to an aromatic ring is 1. The summed E-state index contributed by atoms with van der Waals surface area (Å²) in [6.07, 6.45) is 2.57. The Labute approximate surface area is 106 Å². The largest absolute Gasteiger partial charge is 0.366 e. The molecule has 17 heavy (non-hydrogen) atoms. The first kappa shape index (κ1) is 12.0. The van der Waals surface area contributed by atoms with Crippen LogP contribution in [-0.4, -0.2) is 34.4 Å². The molecule has 0 spiro atoms. The summed E-state index contributed by atoms with van der Waals surface area (Å²) >= 11 is 3.13. The summed E-state index contributed by atoms with van der Waals surface area (Å²) in [6.45, 7) is 0. The third-order valence-corrected chi connectivity index (χ3v) is 3.57. The van der Waals surface area contributed by atoms with E-state index in [1.54, 1.807) is 0 Å². The monoisotopic (exact) mass is 317 g/mol. The number of anilines is 1. The molecule has 7 nitrogen and oxygen atoms in total. The van der Waals surface area contributed by atoms with Gasteiger partial charge in [0, 0.05) is 12.5 Å². The molecule has 0 radical (unpaired) electrons. The van der Waals surface area contributed by atoms with Crippen LogP contribution in [0.3, 0.4) is 0 Å². The molecule has 0 saturated heterocycles. The van der Waals surface area contributed by atoms with Crippen molar-refractivity contribution in [3.05, 3.63) is 23.1 Å². The Bertz CT molecular complexity index is 666. The summed E-state index contributed by atoms with van der Waals surface area (Å²) in [7, 11) is -3.40. The van der Waals surface area contributed by atoms with Crippen LogP contribution in [0.1, 0.15) is 0 Å². The van der Waals surface area contributed by atoms with Gasteiger partial charge in [-0.2, -0.15) is 9.67 Å². The van der Waals surface area contributed by atoms with Gasteiger partial charge in [-0.25, -0.2) is 13.4 Å². The zero-order valence-corrected chi connectivity index (χ0v) is 11.1. The van der Waals surface area contributed by atoms with E-state index in [9.17, 15) is 8.42 Å². The number of nitrogens with zero attached hydrogens (tertiary/aromatic N) is 4. The number of sulfone groups is 1. The molecule has 0 aromatic carbocycles. The van der Waals surface area contributed by atoms with E-state index in [-0.39, 0.29) is 16.7 Å². The minimum atomic E-state index is -3.40. The molecule has 2 aromatic rings. The van der Waals surface area contributed by atoms with E-state index < -0.39 is 9.84 Å². The number of nitrogens with two attached hydrogens (primary N) is 1. The molecule has 0 saturated carbocycles. The van der Waals surface area contributed by atoms with E-state index in [4.69, 9.17) is 5.73 Å². The van der Waals surface area contributed by atoms with Crippen LogP contribution in [0, 0.1) is 0 Å². The van der Waals surface area contributed by atoms with E-state index in [0.29, 0.717) is 4.73 Å². The maximum atomic E-state index is 11.6. The second kappa shape index (κ2) is 4.08. The van der Waals surface area contributed by atoms with Gasteiger partial charge in [-0.15, -0.1) is 5.10 Å². The van der Waals surface area contributed by atoms with Crippen molar-refractivity contribution in [2.75, 3.05) is 12.0 Å². The molecule has 0 aliphatic heterocycles. The average molecular weight is 318 g/mol. The Morgan fingerprint density at radius 1 is 1.47 bits per heavy atom. The van der Waals surface area contributed by atoms with Crippen molar-refractivity contribution in [1.82, 2.24) is 19.7 Å². The van der Waals surface area contributed by atoms with Crippen LogP contribution in [-0.2, 0) is 9.84 Å². The van der Waals surface area contributed by atoms with Gasteiger partial charge in [0.05, 0.1) is 0 Å². The molecular formula is C8H8BrN5O2S. The van der Waals surface area contributed by atoms with Gasteiger partial charge in [0.25, 0.3) is 0 Å². The molecule has 0 amide bonds. The molecule has 9 heteroatoms. The molecule has 2 aromatic heterocycles. The van der Waals surface area contributed by atoms with E-state index >= 15 is 0 Å². The zero-order valence-electron chi connectivity index (χ0n) is 8.70. The molecule has 0 aliphatic carbocycles. The van der Waals surface area contributed by atoms with Crippen LogP contribution in [0.5, 0.6) is 0 Å². The average Bonchev–Trinajstić information content (AvgIpc) is 2.56. The Balaban J connectivity index is 2.73. The van der Waals surface area contributed by atoms with Crippen molar-refractivity contribution in [2.24, 2.45) is 0 Å². The van der Waals surface area contributed by atoms with Crippen molar-refractivity contribution in [2.45, 2.75) is 4.90 Å². The van der Waals surface area contributed by atoms with Crippen molar-refractivity contribution >= 4 is 31.7 Å². The van der Waals surface area contributed by atoms with Crippen molar-refractivity contribution in [3.8, 4) is 5.82 Å². The lowest BCUT2D eigenvalue weighted by atomic mass is 10.5. The standard InChI is InChI=1S/C8H8BrN5O2S/c1-17(15,16)5-3-2-4-11-6(5)14-7(9)12-8(10)13-14/h2-4H,1H3,(H2,10,13). The van der Waals surface area contributed by atoms with E-state index in [0.717, 1.165) is 6.26 Å². The summed E-state index contributed by atoms with van der Waals surface area (Å²) in [5.74, 6) is 0.188. The van der Waals surface area contributed by atoms with Crippen LogP contribution in [0.15, 0.2) is 28.0 Å². The lowest BCUT2D eigenvalue weighted by Gasteiger charge is -2.06. The van der Waals surface area contributed by atoms with Gasteiger partial charge in [-0.05, 0) is 28.1 Å². The van der Waals surface area contributed by atoms with Gasteiger partial charge in [-0.1, -0.05) is 0 Å². The fourth-order valence-electron chi connectivity index (χ4n) is 1.27. The molecule has 0 atom stereocenters. The van der Waals surface area contributed by atoms with E-state index in [1.165, 1.54) is 23.0 Å². The van der Waals surface area contributed by atoms with E-state index in [2.05, 4.69) is 31.0 Å². The molecule has 90 valence electrons. The lowest BCUT2D eigenvalue weighted by Crippen LogP contribution is -2.09. The summed E-state index contributed by atoms with van der Waals surface area (Å²) in [4.78, 5) is 7.87. The quantitative estimate of drug-likeness (QED) is 0.860. The smallest absolute Gasteiger partial charge is 0.240 e. The zero-order chi connectivity index (χ0) is 12.6. The van der Waals surface area contributed by atoms with Gasteiger partial charge in [0.2, 0.25) is 10.7 Å². The lowest BCUT2D eigenvalue weighted by molar-refractivity contribution is 0.599. The molecular weight excluding hydrogens is 310 g/mol. The number of pyridine rings is 1. The van der Waals surface area contributed by atoms with Crippen LogP contribution in [0.4, 0.5) is 5.95 Å². The molecule has 0 unspecified atom stereocenters. The number of hydrogen-bond donors (Lipinski definition) is 1. The summed E-state index contributed by atoms with van der Waals surface area (Å²) in [5, 5.41) is 3.86. The van der Waals surface area contributed by atoms with Gasteiger partial charge < -0.3 is 5.73 Å². The van der Waals surface area contributed by atoms with Crippen molar-refractivity contribution in [1.29, 1.82) is 0 Å². The van der Waals surface area contributed by atoms with Gasteiger partial charge in [0.1, 0.15) is 4.90 Å². The number of hydrogen-bond acceptors (Lipinski definition) is 6. The molecule has 2 N–H and O–H groups in total. The first-order valence-electron chi connectivity index (χ1n) is 4.43. The highest BCUT2D eigenvalue weighted by Gasteiger charge is 2.18. The van der Waals surface area contributed by atoms with Crippen molar-refractivity contribution < 1.29 is 8.42 Å². The molecule has 0 aliphatic rings. The topological polar surface area (TPSA) is 104 Å². The summed E-state index contributed by atoms with van der Waals surface area (Å²) in [5.41, 5.74) is 5.43. The molecule has 2 rings (SSSR count). The second-order valence-electron chi connectivity index (χ2n) is 3.25. The minimum Gasteiger partial charge on any atom is -0.366 e. The minimum absolute atomic E-state index is 0.0296. The number of rotatable bonds is 2. The summed E-state index contributed by atoms with van der Waals surface area (Å²) in [6, 6.07) is 2.98. The predicted octanol–water partition coefficient (Wildman–Crippen LogP) is 0.410. The predicted molar refractivity (Wildman–Crippen MR) is 64.4 cm³/mol. The second-order valence-corrected chi connectivity index (χ2v) is 5.94. The third-order valence-electron chi connectivity index (χ3n) is 1.94.